The van der Waals surface area contributed by atoms with Crippen LogP contribution >= 0.6 is 0 Å². The van der Waals surface area contributed by atoms with E-state index in [1.807, 2.05) is 13.8 Å². The minimum absolute atomic E-state index is 0.447. The van der Waals surface area contributed by atoms with E-state index in [0.29, 0.717) is 11.8 Å². The molecule has 0 aromatic heterocycles. The molecule has 68 valence electrons. The Morgan fingerprint density at radius 2 is 1.73 bits per heavy atom. The second-order valence-electron chi connectivity index (χ2n) is 4.39. The van der Waals surface area contributed by atoms with Gasteiger partial charge in [-0.15, -0.1) is 0 Å². The maximum atomic E-state index is 9.73. The van der Waals surface area contributed by atoms with E-state index in [9.17, 15) is 5.11 Å². The number of hydrogen-bond donors (Lipinski definition) is 1. The highest BCUT2D eigenvalue weighted by Crippen LogP contribution is 2.26. The minimum Gasteiger partial charge on any atom is -0.390 e. The van der Waals surface area contributed by atoms with E-state index < -0.39 is 5.60 Å². The summed E-state index contributed by atoms with van der Waals surface area (Å²) < 4.78 is 0. The molecular weight excluding hydrogens is 136 g/mol. The van der Waals surface area contributed by atoms with Crippen molar-refractivity contribution in [3.05, 3.63) is 0 Å². The second-order valence-corrected chi connectivity index (χ2v) is 4.39. The third-order valence-electron chi connectivity index (χ3n) is 2.25. The Labute approximate surface area is 70.8 Å². The molecule has 0 heterocycles. The summed E-state index contributed by atoms with van der Waals surface area (Å²) >= 11 is 0. The van der Waals surface area contributed by atoms with Crippen molar-refractivity contribution in [1.82, 2.24) is 0 Å². The average molecular weight is 158 g/mol. The van der Waals surface area contributed by atoms with Crippen molar-refractivity contribution in [3.8, 4) is 0 Å². The molecule has 0 bridgehead atoms. The lowest BCUT2D eigenvalue weighted by atomic mass is 9.82. The minimum atomic E-state index is -0.501. The van der Waals surface area contributed by atoms with Gasteiger partial charge in [0.25, 0.3) is 0 Å². The van der Waals surface area contributed by atoms with Gasteiger partial charge in [0, 0.05) is 0 Å². The third kappa shape index (κ3) is 4.41. The van der Waals surface area contributed by atoms with Crippen molar-refractivity contribution >= 4 is 0 Å². The molecule has 0 spiro atoms. The number of rotatable bonds is 4. The van der Waals surface area contributed by atoms with Gasteiger partial charge < -0.3 is 5.11 Å². The lowest BCUT2D eigenvalue weighted by Crippen LogP contribution is -2.31. The Bertz CT molecular complexity index is 99.9. The van der Waals surface area contributed by atoms with E-state index in [1.165, 1.54) is 0 Å². The Morgan fingerprint density at radius 3 is 1.82 bits per heavy atom. The van der Waals surface area contributed by atoms with Crippen molar-refractivity contribution < 1.29 is 5.11 Å². The lowest BCUT2D eigenvalue weighted by Gasteiger charge is -2.29. The van der Waals surface area contributed by atoms with Gasteiger partial charge in [-0.2, -0.15) is 0 Å². The first-order valence-corrected chi connectivity index (χ1v) is 4.60. The fraction of sp³-hybridized carbons (Fsp3) is 1.00. The topological polar surface area (TPSA) is 20.2 Å². The maximum Gasteiger partial charge on any atom is 0.0619 e. The van der Waals surface area contributed by atoms with Crippen LogP contribution in [0.4, 0.5) is 0 Å². The molecule has 1 atom stereocenters. The summed E-state index contributed by atoms with van der Waals surface area (Å²) in [7, 11) is 0. The van der Waals surface area contributed by atoms with Crippen LogP contribution in [0.1, 0.15) is 47.5 Å². The van der Waals surface area contributed by atoms with Gasteiger partial charge in [0.05, 0.1) is 5.60 Å². The van der Waals surface area contributed by atoms with Gasteiger partial charge in [-0.25, -0.2) is 0 Å². The van der Waals surface area contributed by atoms with Crippen LogP contribution in [0.5, 0.6) is 0 Å². The molecule has 11 heavy (non-hydrogen) atoms. The molecule has 0 aliphatic carbocycles. The molecule has 0 amide bonds. The molecule has 0 saturated heterocycles. The van der Waals surface area contributed by atoms with Crippen molar-refractivity contribution in [2.75, 3.05) is 0 Å². The van der Waals surface area contributed by atoms with Crippen molar-refractivity contribution in [2.24, 2.45) is 11.8 Å². The van der Waals surface area contributed by atoms with Gasteiger partial charge in [0.1, 0.15) is 0 Å². The summed E-state index contributed by atoms with van der Waals surface area (Å²) in [6, 6.07) is 0. The molecule has 0 saturated carbocycles. The molecule has 0 aliphatic rings. The summed E-state index contributed by atoms with van der Waals surface area (Å²) in [6.07, 6.45) is 2.20. The van der Waals surface area contributed by atoms with Crippen molar-refractivity contribution in [2.45, 2.75) is 53.1 Å². The SMILES string of the molecule is CCC(CC(C)C)C(C)(C)O. The third-order valence-corrected chi connectivity index (χ3v) is 2.25. The van der Waals surface area contributed by atoms with E-state index in [1.54, 1.807) is 0 Å². The standard InChI is InChI=1S/C10H22O/c1-6-9(7-8(2)3)10(4,5)11/h8-9,11H,6-7H2,1-5H3. The Morgan fingerprint density at radius 1 is 1.27 bits per heavy atom. The summed E-state index contributed by atoms with van der Waals surface area (Å²) in [6.45, 7) is 10.4. The van der Waals surface area contributed by atoms with Crippen LogP contribution in [-0.4, -0.2) is 10.7 Å². The highest BCUT2D eigenvalue weighted by molar-refractivity contribution is 4.76. The molecule has 0 fully saturated rings. The smallest absolute Gasteiger partial charge is 0.0619 e. The van der Waals surface area contributed by atoms with Gasteiger partial charge in [-0.05, 0) is 32.1 Å². The Balaban J connectivity index is 3.96. The first-order chi connectivity index (χ1) is 4.88. The summed E-state index contributed by atoms with van der Waals surface area (Å²) in [5.74, 6) is 1.13. The monoisotopic (exact) mass is 158 g/mol. The normalized spacial score (nSPS) is 15.5. The highest BCUT2D eigenvalue weighted by atomic mass is 16.3. The van der Waals surface area contributed by atoms with Gasteiger partial charge >= 0.3 is 0 Å². The van der Waals surface area contributed by atoms with Crippen LogP contribution in [0.25, 0.3) is 0 Å². The summed E-state index contributed by atoms with van der Waals surface area (Å²) in [4.78, 5) is 0. The summed E-state index contributed by atoms with van der Waals surface area (Å²) in [5.41, 5.74) is -0.501. The van der Waals surface area contributed by atoms with Gasteiger partial charge in [-0.1, -0.05) is 27.2 Å². The van der Waals surface area contributed by atoms with Crippen LogP contribution in [0.15, 0.2) is 0 Å². The molecule has 0 radical (unpaired) electrons. The quantitative estimate of drug-likeness (QED) is 0.667. The maximum absolute atomic E-state index is 9.73. The van der Waals surface area contributed by atoms with E-state index in [2.05, 4.69) is 20.8 Å². The average Bonchev–Trinajstić information content (AvgIpc) is 1.79. The Kier molecular flexibility index (Phi) is 4.09. The van der Waals surface area contributed by atoms with Gasteiger partial charge in [0.15, 0.2) is 0 Å². The van der Waals surface area contributed by atoms with E-state index in [4.69, 9.17) is 0 Å². The van der Waals surface area contributed by atoms with E-state index in [-0.39, 0.29) is 0 Å². The zero-order valence-electron chi connectivity index (χ0n) is 8.52. The number of aliphatic hydroxyl groups is 1. The van der Waals surface area contributed by atoms with Crippen LogP contribution in [-0.2, 0) is 0 Å². The Hall–Kier alpha value is -0.0400. The molecule has 1 heteroatoms. The van der Waals surface area contributed by atoms with Crippen LogP contribution < -0.4 is 0 Å². The molecule has 1 N–H and O–H groups in total. The first kappa shape index (κ1) is 11.0. The van der Waals surface area contributed by atoms with E-state index in [0.717, 1.165) is 12.8 Å². The van der Waals surface area contributed by atoms with Crippen LogP contribution in [0, 0.1) is 11.8 Å². The molecular formula is C10H22O. The summed E-state index contributed by atoms with van der Waals surface area (Å²) in [5, 5.41) is 9.73. The molecule has 0 rings (SSSR count). The predicted molar refractivity (Wildman–Crippen MR) is 49.5 cm³/mol. The van der Waals surface area contributed by atoms with Gasteiger partial charge in [0.2, 0.25) is 0 Å². The second kappa shape index (κ2) is 4.10. The lowest BCUT2D eigenvalue weighted by molar-refractivity contribution is 0.00626. The van der Waals surface area contributed by atoms with E-state index >= 15 is 0 Å². The van der Waals surface area contributed by atoms with Gasteiger partial charge in [-0.3, -0.25) is 0 Å². The number of hydrogen-bond acceptors (Lipinski definition) is 1. The first-order valence-electron chi connectivity index (χ1n) is 4.60. The zero-order valence-corrected chi connectivity index (χ0v) is 8.52. The van der Waals surface area contributed by atoms with Crippen LogP contribution in [0.3, 0.4) is 0 Å². The molecule has 0 aliphatic heterocycles. The molecule has 0 aromatic rings. The fourth-order valence-electron chi connectivity index (χ4n) is 1.52. The zero-order chi connectivity index (χ0) is 9.07. The van der Waals surface area contributed by atoms with Crippen molar-refractivity contribution in [1.29, 1.82) is 0 Å². The largest absolute Gasteiger partial charge is 0.390 e. The predicted octanol–water partition coefficient (Wildman–Crippen LogP) is 2.83. The molecule has 1 nitrogen and oxygen atoms in total. The fourth-order valence-corrected chi connectivity index (χ4v) is 1.52. The van der Waals surface area contributed by atoms with Crippen molar-refractivity contribution in [3.63, 3.8) is 0 Å². The highest BCUT2D eigenvalue weighted by Gasteiger charge is 2.25. The van der Waals surface area contributed by atoms with Crippen LogP contribution in [0.2, 0.25) is 0 Å². The molecule has 0 aromatic carbocycles. The molecule has 1 unspecified atom stereocenters.